The normalized spacial score (nSPS) is 11.3. The summed E-state index contributed by atoms with van der Waals surface area (Å²) in [6, 6.07) is 13.1. The molecule has 0 radical (unpaired) electrons. The van der Waals surface area contributed by atoms with Crippen molar-refractivity contribution in [1.29, 1.82) is 10.5 Å². The number of anilines is 1. The highest BCUT2D eigenvalue weighted by atomic mass is 35.5. The minimum Gasteiger partial charge on any atom is -0.377 e. The summed E-state index contributed by atoms with van der Waals surface area (Å²) in [5, 5.41) is 21.4. The van der Waals surface area contributed by atoms with Crippen molar-refractivity contribution in [2.45, 2.75) is 13.0 Å². The second kappa shape index (κ2) is 6.26. The molecule has 0 aliphatic heterocycles. The molecule has 1 atom stereocenters. The minimum atomic E-state index is -0.301. The second-order valence-electron chi connectivity index (χ2n) is 4.49. The van der Waals surface area contributed by atoms with Crippen LogP contribution in [0.4, 0.5) is 10.1 Å². The van der Waals surface area contributed by atoms with Crippen LogP contribution in [0.15, 0.2) is 36.4 Å². The van der Waals surface area contributed by atoms with Gasteiger partial charge in [-0.1, -0.05) is 23.7 Å². The van der Waals surface area contributed by atoms with Crippen LogP contribution in [0, 0.1) is 28.5 Å². The van der Waals surface area contributed by atoms with Crippen LogP contribution in [0.1, 0.15) is 29.7 Å². The summed E-state index contributed by atoms with van der Waals surface area (Å²) in [6.07, 6.45) is 0. The molecule has 0 aliphatic carbocycles. The summed E-state index contributed by atoms with van der Waals surface area (Å²) < 4.78 is 12.9. The van der Waals surface area contributed by atoms with Crippen molar-refractivity contribution in [2.24, 2.45) is 0 Å². The van der Waals surface area contributed by atoms with Gasteiger partial charge in [0, 0.05) is 6.04 Å². The lowest BCUT2D eigenvalue weighted by atomic mass is 10.1. The van der Waals surface area contributed by atoms with Crippen molar-refractivity contribution in [3.05, 3.63) is 63.9 Å². The fourth-order valence-corrected chi connectivity index (χ4v) is 2.21. The molecule has 2 aromatic carbocycles. The first-order valence-corrected chi connectivity index (χ1v) is 6.59. The van der Waals surface area contributed by atoms with Gasteiger partial charge in [-0.3, -0.25) is 0 Å². The van der Waals surface area contributed by atoms with Crippen molar-refractivity contribution in [2.75, 3.05) is 5.32 Å². The molecule has 2 rings (SSSR count). The maximum Gasteiger partial charge on any atom is 0.123 e. The van der Waals surface area contributed by atoms with Gasteiger partial charge in [0.1, 0.15) is 18.0 Å². The van der Waals surface area contributed by atoms with E-state index in [4.69, 9.17) is 16.9 Å². The highest BCUT2D eigenvalue weighted by molar-refractivity contribution is 6.33. The molecule has 0 saturated heterocycles. The van der Waals surface area contributed by atoms with Crippen LogP contribution in [0.2, 0.25) is 5.02 Å². The summed E-state index contributed by atoms with van der Waals surface area (Å²) in [4.78, 5) is 0. The Balaban J connectivity index is 2.32. The Morgan fingerprint density at radius 3 is 2.33 bits per heavy atom. The first kappa shape index (κ1) is 14.8. The highest BCUT2D eigenvalue weighted by Crippen LogP contribution is 2.29. The smallest absolute Gasteiger partial charge is 0.123 e. The van der Waals surface area contributed by atoms with Crippen LogP contribution >= 0.6 is 11.6 Å². The van der Waals surface area contributed by atoms with Gasteiger partial charge < -0.3 is 5.32 Å². The van der Waals surface area contributed by atoms with Crippen molar-refractivity contribution >= 4 is 17.3 Å². The molecule has 0 aromatic heterocycles. The quantitative estimate of drug-likeness (QED) is 0.914. The van der Waals surface area contributed by atoms with Gasteiger partial charge in [0.2, 0.25) is 0 Å². The van der Waals surface area contributed by atoms with E-state index in [9.17, 15) is 9.65 Å². The number of nitrogens with one attached hydrogen (secondary N) is 1. The van der Waals surface area contributed by atoms with Crippen LogP contribution in [0.5, 0.6) is 0 Å². The molecule has 1 unspecified atom stereocenters. The minimum absolute atomic E-state index is 0.135. The molecule has 0 amide bonds. The van der Waals surface area contributed by atoms with E-state index in [1.165, 1.54) is 12.1 Å². The third-order valence-electron chi connectivity index (χ3n) is 3.12. The van der Waals surface area contributed by atoms with Gasteiger partial charge in [0.25, 0.3) is 0 Å². The molecule has 21 heavy (non-hydrogen) atoms. The van der Waals surface area contributed by atoms with Gasteiger partial charge >= 0.3 is 0 Å². The lowest BCUT2D eigenvalue weighted by Gasteiger charge is -2.17. The average Bonchev–Trinajstić information content (AvgIpc) is 2.48. The van der Waals surface area contributed by atoms with Gasteiger partial charge in [-0.15, -0.1) is 0 Å². The summed E-state index contributed by atoms with van der Waals surface area (Å²) in [7, 11) is 0. The monoisotopic (exact) mass is 299 g/mol. The second-order valence-corrected chi connectivity index (χ2v) is 4.87. The van der Waals surface area contributed by atoms with Gasteiger partial charge in [0.05, 0.1) is 21.8 Å². The van der Waals surface area contributed by atoms with Gasteiger partial charge in [-0.2, -0.15) is 10.5 Å². The number of benzene rings is 2. The number of halogens is 2. The number of hydrogen-bond donors (Lipinski definition) is 1. The van der Waals surface area contributed by atoms with E-state index >= 15 is 0 Å². The van der Waals surface area contributed by atoms with E-state index < -0.39 is 0 Å². The molecule has 1 N–H and O–H groups in total. The third kappa shape index (κ3) is 3.13. The molecule has 3 nitrogen and oxygen atoms in total. The fraction of sp³-hybridized carbons (Fsp3) is 0.125. The molecule has 0 fully saturated rings. The zero-order valence-corrected chi connectivity index (χ0v) is 11.9. The summed E-state index contributed by atoms with van der Waals surface area (Å²) >= 11 is 6.03. The van der Waals surface area contributed by atoms with Crippen LogP contribution in [-0.4, -0.2) is 0 Å². The van der Waals surface area contributed by atoms with Gasteiger partial charge in [-0.05, 0) is 36.8 Å². The maximum atomic E-state index is 12.9. The van der Waals surface area contributed by atoms with Gasteiger partial charge in [0.15, 0.2) is 0 Å². The molecule has 0 heterocycles. The van der Waals surface area contributed by atoms with Crippen LogP contribution in [0.25, 0.3) is 0 Å². The Kier molecular flexibility index (Phi) is 4.42. The Morgan fingerprint density at radius 2 is 1.76 bits per heavy atom. The molecule has 5 heteroatoms. The van der Waals surface area contributed by atoms with E-state index in [0.717, 1.165) is 5.56 Å². The Hall–Kier alpha value is -2.56. The molecule has 0 spiro atoms. The Labute approximate surface area is 127 Å². The standard InChI is InChI=1S/C16H11ClFN3/c1-10(11-2-5-13(18)6-3-11)21-15-7-4-12(8-19)16(17)14(15)9-20/h2-7,10,21H,1H3. The zero-order valence-electron chi connectivity index (χ0n) is 11.2. The van der Waals surface area contributed by atoms with E-state index in [1.54, 1.807) is 24.3 Å². The average molecular weight is 300 g/mol. The summed E-state index contributed by atoms with van der Waals surface area (Å²) in [5.74, 6) is -0.301. The number of rotatable bonds is 3. The first-order valence-electron chi connectivity index (χ1n) is 6.21. The number of nitrogens with zero attached hydrogens (tertiary/aromatic N) is 2. The fourth-order valence-electron chi connectivity index (χ4n) is 1.96. The summed E-state index contributed by atoms with van der Waals surface area (Å²) in [6.45, 7) is 1.89. The van der Waals surface area contributed by atoms with Crippen LogP contribution in [0.3, 0.4) is 0 Å². The predicted molar refractivity (Wildman–Crippen MR) is 79.3 cm³/mol. The lowest BCUT2D eigenvalue weighted by Crippen LogP contribution is -2.08. The van der Waals surface area contributed by atoms with E-state index in [0.29, 0.717) is 5.69 Å². The van der Waals surface area contributed by atoms with E-state index in [2.05, 4.69) is 5.32 Å². The lowest BCUT2D eigenvalue weighted by molar-refractivity contribution is 0.626. The van der Waals surface area contributed by atoms with Crippen molar-refractivity contribution in [3.63, 3.8) is 0 Å². The van der Waals surface area contributed by atoms with Crippen LogP contribution < -0.4 is 5.32 Å². The predicted octanol–water partition coefficient (Wildman–Crippen LogP) is 4.40. The largest absolute Gasteiger partial charge is 0.377 e. The molecule has 0 bridgehead atoms. The van der Waals surface area contributed by atoms with E-state index in [1.807, 2.05) is 19.1 Å². The highest BCUT2D eigenvalue weighted by Gasteiger charge is 2.14. The molecule has 0 saturated carbocycles. The molecule has 2 aromatic rings. The number of hydrogen-bond acceptors (Lipinski definition) is 3. The van der Waals surface area contributed by atoms with Gasteiger partial charge in [-0.25, -0.2) is 4.39 Å². The Bertz CT molecular complexity index is 742. The first-order chi connectivity index (χ1) is 10.1. The SMILES string of the molecule is CC(Nc1ccc(C#N)c(Cl)c1C#N)c1ccc(F)cc1. The molecule has 0 aliphatic rings. The topological polar surface area (TPSA) is 59.6 Å². The third-order valence-corrected chi connectivity index (χ3v) is 3.51. The van der Waals surface area contributed by atoms with E-state index in [-0.39, 0.29) is 28.0 Å². The van der Waals surface area contributed by atoms with Crippen molar-refractivity contribution in [1.82, 2.24) is 0 Å². The number of nitriles is 2. The van der Waals surface area contributed by atoms with Crippen molar-refractivity contribution < 1.29 is 4.39 Å². The molecular weight excluding hydrogens is 289 g/mol. The van der Waals surface area contributed by atoms with Crippen molar-refractivity contribution in [3.8, 4) is 12.1 Å². The molecule has 104 valence electrons. The maximum absolute atomic E-state index is 12.9. The Morgan fingerprint density at radius 1 is 1.10 bits per heavy atom. The zero-order chi connectivity index (χ0) is 15.4. The molecular formula is C16H11ClFN3. The van der Waals surface area contributed by atoms with Crippen LogP contribution in [-0.2, 0) is 0 Å². The summed E-state index contributed by atoms with van der Waals surface area (Å²) in [5.41, 5.74) is 1.90.